The van der Waals surface area contributed by atoms with Crippen molar-refractivity contribution in [2.75, 3.05) is 20.1 Å². The second kappa shape index (κ2) is 4.85. The predicted octanol–water partition coefficient (Wildman–Crippen LogP) is -0.283. The van der Waals surface area contributed by atoms with E-state index in [2.05, 4.69) is 22.3 Å². The third-order valence-corrected chi connectivity index (χ3v) is 2.49. The summed E-state index contributed by atoms with van der Waals surface area (Å²) in [6.07, 6.45) is 5.45. The second-order valence-electron chi connectivity index (χ2n) is 3.83. The third-order valence-electron chi connectivity index (χ3n) is 2.49. The molecule has 1 aromatic rings. The highest BCUT2D eigenvalue weighted by Crippen LogP contribution is 2.03. The zero-order chi connectivity index (χ0) is 12.3. The number of rotatable bonds is 0. The molecule has 17 heavy (non-hydrogen) atoms. The normalized spacial score (nSPS) is 16.0. The molecular formula is C12H14N4O. The first kappa shape index (κ1) is 11.4. The minimum absolute atomic E-state index is 0.0224. The molecule has 0 spiro atoms. The average Bonchev–Trinajstić information content (AvgIpc) is 2.66. The van der Waals surface area contributed by atoms with Gasteiger partial charge in [0.1, 0.15) is 0 Å². The Morgan fingerprint density at radius 2 is 2.24 bits per heavy atom. The van der Waals surface area contributed by atoms with E-state index in [1.807, 2.05) is 19.3 Å². The van der Waals surface area contributed by atoms with Crippen molar-refractivity contribution >= 4 is 5.91 Å². The highest BCUT2D eigenvalue weighted by Gasteiger charge is 2.13. The lowest BCUT2D eigenvalue weighted by molar-refractivity contribution is -0.126. The molecule has 1 amide bonds. The zero-order valence-electron chi connectivity index (χ0n) is 9.90. The standard InChI is InChI=1S/C12H14N4O/c1-15-9-10(7-14-15)3-4-11-5-6-13-8-12(17)16(11)2/h5,7,9,13H,6,8H2,1-2H3. The maximum Gasteiger partial charge on any atom is 0.241 e. The van der Waals surface area contributed by atoms with Crippen molar-refractivity contribution in [1.82, 2.24) is 20.0 Å². The highest BCUT2D eigenvalue weighted by atomic mass is 16.2. The van der Waals surface area contributed by atoms with E-state index < -0.39 is 0 Å². The van der Waals surface area contributed by atoms with E-state index in [0.717, 1.165) is 11.3 Å². The molecule has 88 valence electrons. The van der Waals surface area contributed by atoms with Gasteiger partial charge in [0.15, 0.2) is 0 Å². The van der Waals surface area contributed by atoms with Crippen molar-refractivity contribution in [2.45, 2.75) is 0 Å². The van der Waals surface area contributed by atoms with Crippen molar-refractivity contribution in [1.29, 1.82) is 0 Å². The monoisotopic (exact) mass is 230 g/mol. The van der Waals surface area contributed by atoms with Crippen molar-refractivity contribution < 1.29 is 4.79 Å². The Balaban J connectivity index is 2.20. The van der Waals surface area contributed by atoms with Crippen LogP contribution in [0.4, 0.5) is 0 Å². The first-order chi connectivity index (χ1) is 8.16. The molecular weight excluding hydrogens is 216 g/mol. The van der Waals surface area contributed by atoms with Gasteiger partial charge in [-0.15, -0.1) is 0 Å². The van der Waals surface area contributed by atoms with Gasteiger partial charge in [-0.05, 0) is 12.0 Å². The number of amides is 1. The van der Waals surface area contributed by atoms with Crippen LogP contribution in [0, 0.1) is 11.8 Å². The fourth-order valence-electron chi connectivity index (χ4n) is 1.49. The summed E-state index contributed by atoms with van der Waals surface area (Å²) < 4.78 is 1.70. The number of hydrogen-bond donors (Lipinski definition) is 1. The maximum atomic E-state index is 11.6. The molecule has 0 aromatic carbocycles. The van der Waals surface area contributed by atoms with Gasteiger partial charge >= 0.3 is 0 Å². The van der Waals surface area contributed by atoms with Gasteiger partial charge in [-0.3, -0.25) is 9.48 Å². The first-order valence-corrected chi connectivity index (χ1v) is 5.35. The van der Waals surface area contributed by atoms with Crippen LogP contribution in [0.25, 0.3) is 0 Å². The van der Waals surface area contributed by atoms with Crippen LogP contribution in [0.3, 0.4) is 0 Å². The Labute approximate surface area is 100 Å². The Morgan fingerprint density at radius 1 is 1.41 bits per heavy atom. The molecule has 1 aliphatic rings. The number of allylic oxidation sites excluding steroid dienone is 1. The summed E-state index contributed by atoms with van der Waals surface area (Å²) in [5.41, 5.74) is 1.57. The molecule has 0 atom stereocenters. The number of likely N-dealkylation sites (N-methyl/N-ethyl adjacent to an activating group) is 1. The molecule has 0 radical (unpaired) electrons. The number of carbonyl (C=O) groups is 1. The number of aryl methyl sites for hydroxylation is 1. The molecule has 0 saturated heterocycles. The van der Waals surface area contributed by atoms with Gasteiger partial charge < -0.3 is 10.2 Å². The molecule has 1 aromatic heterocycles. The minimum Gasteiger partial charge on any atom is -0.307 e. The fourth-order valence-corrected chi connectivity index (χ4v) is 1.49. The molecule has 0 aliphatic carbocycles. The summed E-state index contributed by atoms with van der Waals surface area (Å²) in [5, 5.41) is 7.04. The first-order valence-electron chi connectivity index (χ1n) is 5.35. The van der Waals surface area contributed by atoms with Crippen molar-refractivity contribution in [2.24, 2.45) is 7.05 Å². The third kappa shape index (κ3) is 2.74. The zero-order valence-corrected chi connectivity index (χ0v) is 9.90. The molecule has 0 fully saturated rings. The summed E-state index contributed by atoms with van der Waals surface area (Å²) >= 11 is 0. The molecule has 2 rings (SSSR count). The van der Waals surface area contributed by atoms with E-state index in [-0.39, 0.29) is 5.91 Å². The van der Waals surface area contributed by atoms with E-state index in [1.54, 1.807) is 22.8 Å². The highest BCUT2D eigenvalue weighted by molar-refractivity contribution is 5.81. The largest absolute Gasteiger partial charge is 0.307 e. The minimum atomic E-state index is 0.0224. The lowest BCUT2D eigenvalue weighted by Crippen LogP contribution is -2.31. The Morgan fingerprint density at radius 3 is 2.94 bits per heavy atom. The van der Waals surface area contributed by atoms with Crippen LogP contribution >= 0.6 is 0 Å². The molecule has 0 unspecified atom stereocenters. The van der Waals surface area contributed by atoms with E-state index in [9.17, 15) is 4.79 Å². The van der Waals surface area contributed by atoms with Crippen molar-refractivity contribution in [3.8, 4) is 11.8 Å². The van der Waals surface area contributed by atoms with E-state index in [0.29, 0.717) is 13.1 Å². The van der Waals surface area contributed by atoms with E-state index in [4.69, 9.17) is 0 Å². The summed E-state index contributed by atoms with van der Waals surface area (Å²) in [6.45, 7) is 1.01. The number of nitrogens with zero attached hydrogens (tertiary/aromatic N) is 3. The molecule has 5 nitrogen and oxygen atoms in total. The number of carbonyl (C=O) groups excluding carboxylic acids is 1. The molecule has 5 heteroatoms. The topological polar surface area (TPSA) is 50.2 Å². The molecule has 2 heterocycles. The summed E-state index contributed by atoms with van der Waals surface area (Å²) in [5.74, 6) is 6.01. The SMILES string of the molecule is CN1C(=O)CNCC=C1C#Cc1cnn(C)c1. The number of nitrogens with one attached hydrogen (secondary N) is 1. The lowest BCUT2D eigenvalue weighted by Gasteiger charge is -2.13. The van der Waals surface area contributed by atoms with Gasteiger partial charge in [-0.2, -0.15) is 5.10 Å². The summed E-state index contributed by atoms with van der Waals surface area (Å²) in [4.78, 5) is 13.2. The van der Waals surface area contributed by atoms with Crippen LogP contribution in [0.2, 0.25) is 0 Å². The molecule has 0 bridgehead atoms. The van der Waals surface area contributed by atoms with Gasteiger partial charge in [-0.1, -0.05) is 5.92 Å². The summed E-state index contributed by atoms with van der Waals surface area (Å²) in [7, 11) is 3.58. The average molecular weight is 230 g/mol. The Hall–Kier alpha value is -2.06. The number of hydrogen-bond acceptors (Lipinski definition) is 3. The molecule has 1 N–H and O–H groups in total. The van der Waals surface area contributed by atoms with Gasteiger partial charge in [0, 0.05) is 26.8 Å². The Kier molecular flexibility index (Phi) is 3.26. The lowest BCUT2D eigenvalue weighted by atomic mass is 10.3. The van der Waals surface area contributed by atoms with Crippen LogP contribution < -0.4 is 5.32 Å². The van der Waals surface area contributed by atoms with E-state index >= 15 is 0 Å². The second-order valence-corrected chi connectivity index (χ2v) is 3.83. The van der Waals surface area contributed by atoms with Crippen LogP contribution in [-0.4, -0.2) is 40.7 Å². The molecule has 1 aliphatic heterocycles. The van der Waals surface area contributed by atoms with Crippen LogP contribution in [0.1, 0.15) is 5.56 Å². The quantitative estimate of drug-likeness (QED) is 0.623. The predicted molar refractivity (Wildman–Crippen MR) is 63.8 cm³/mol. The van der Waals surface area contributed by atoms with Crippen LogP contribution in [0.5, 0.6) is 0 Å². The van der Waals surface area contributed by atoms with Gasteiger partial charge in [-0.25, -0.2) is 0 Å². The number of aromatic nitrogens is 2. The summed E-state index contributed by atoms with van der Waals surface area (Å²) in [6, 6.07) is 0. The van der Waals surface area contributed by atoms with Gasteiger partial charge in [0.05, 0.1) is 24.0 Å². The smallest absolute Gasteiger partial charge is 0.241 e. The van der Waals surface area contributed by atoms with Crippen LogP contribution in [0.15, 0.2) is 24.2 Å². The Bertz CT molecular complexity index is 518. The molecule has 0 saturated carbocycles. The van der Waals surface area contributed by atoms with Crippen molar-refractivity contribution in [3.05, 3.63) is 29.7 Å². The fraction of sp³-hybridized carbons (Fsp3) is 0.333. The van der Waals surface area contributed by atoms with Crippen LogP contribution in [-0.2, 0) is 11.8 Å². The van der Waals surface area contributed by atoms with E-state index in [1.165, 1.54) is 0 Å². The van der Waals surface area contributed by atoms with Gasteiger partial charge in [0.2, 0.25) is 5.91 Å². The maximum absolute atomic E-state index is 11.6. The van der Waals surface area contributed by atoms with Crippen molar-refractivity contribution in [3.63, 3.8) is 0 Å². The van der Waals surface area contributed by atoms with Gasteiger partial charge in [0.25, 0.3) is 0 Å².